The Bertz CT molecular complexity index is 801. The lowest BCUT2D eigenvalue weighted by Crippen LogP contribution is -2.17. The summed E-state index contributed by atoms with van der Waals surface area (Å²) in [6, 6.07) is 0. The van der Waals surface area contributed by atoms with Crippen molar-refractivity contribution in [3.8, 4) is 10.4 Å². The van der Waals surface area contributed by atoms with Crippen molar-refractivity contribution in [2.75, 3.05) is 0 Å². The molecule has 0 amide bonds. The van der Waals surface area contributed by atoms with Gasteiger partial charge in [-0.05, 0) is 25.0 Å². The second-order valence-corrected chi connectivity index (χ2v) is 4.93. The summed E-state index contributed by atoms with van der Waals surface area (Å²) in [7, 11) is 0. The highest BCUT2D eigenvalue weighted by molar-refractivity contribution is 7.14. The third-order valence-electron chi connectivity index (χ3n) is 2.95. The minimum atomic E-state index is -0.363. The quantitative estimate of drug-likeness (QED) is 0.730. The third kappa shape index (κ3) is 1.40. The predicted octanol–water partition coefficient (Wildman–Crippen LogP) is 1.90. The number of thiophene rings is 1. The van der Waals surface area contributed by atoms with Gasteiger partial charge in [-0.2, -0.15) is 14.0 Å². The van der Waals surface area contributed by atoms with Crippen LogP contribution in [0.3, 0.4) is 0 Å². The van der Waals surface area contributed by atoms with E-state index in [1.807, 2.05) is 6.92 Å². The van der Waals surface area contributed by atoms with Crippen LogP contribution >= 0.6 is 11.3 Å². The van der Waals surface area contributed by atoms with E-state index >= 15 is 0 Å². The Kier molecular flexibility index (Phi) is 2.30. The molecule has 3 heterocycles. The Labute approximate surface area is 105 Å². The van der Waals surface area contributed by atoms with E-state index in [0.29, 0.717) is 16.8 Å². The van der Waals surface area contributed by atoms with Crippen molar-refractivity contribution in [1.29, 1.82) is 0 Å². The van der Waals surface area contributed by atoms with Crippen LogP contribution in [0.15, 0.2) is 17.3 Å². The van der Waals surface area contributed by atoms with Gasteiger partial charge >= 0.3 is 5.69 Å². The Morgan fingerprint density at radius 2 is 2.17 bits per heavy atom. The minimum absolute atomic E-state index is 0.216. The molecule has 0 radical (unpaired) electrons. The molecule has 0 aliphatic heterocycles. The van der Waals surface area contributed by atoms with Crippen LogP contribution in [0, 0.1) is 19.0 Å². The van der Waals surface area contributed by atoms with Crippen LogP contribution in [0.25, 0.3) is 16.1 Å². The summed E-state index contributed by atoms with van der Waals surface area (Å²) < 4.78 is 14.7. The molecule has 18 heavy (non-hydrogen) atoms. The molecule has 92 valence electrons. The van der Waals surface area contributed by atoms with Gasteiger partial charge in [-0.15, -0.1) is 11.3 Å². The summed E-state index contributed by atoms with van der Waals surface area (Å²) in [6.45, 7) is 3.58. The molecule has 1 N–H and O–H groups in total. The van der Waals surface area contributed by atoms with Gasteiger partial charge in [0.15, 0.2) is 10.8 Å². The molecule has 5 nitrogen and oxygen atoms in total. The van der Waals surface area contributed by atoms with Crippen LogP contribution < -0.4 is 5.69 Å². The number of aromatic nitrogens is 4. The average molecular weight is 264 g/mol. The SMILES string of the molecule is Cc1c(F)sc(-c2cnn3c(=O)[nH]cnc23)c1C. The van der Waals surface area contributed by atoms with Crippen molar-refractivity contribution < 1.29 is 4.39 Å². The highest BCUT2D eigenvalue weighted by Gasteiger charge is 2.17. The summed E-state index contributed by atoms with van der Waals surface area (Å²) in [5, 5.41) is 3.75. The topological polar surface area (TPSA) is 63.1 Å². The minimum Gasteiger partial charge on any atom is -0.296 e. The zero-order chi connectivity index (χ0) is 12.9. The van der Waals surface area contributed by atoms with Gasteiger partial charge in [-0.3, -0.25) is 4.98 Å². The number of hydrogen-bond acceptors (Lipinski definition) is 4. The van der Waals surface area contributed by atoms with Gasteiger partial charge in [0.2, 0.25) is 0 Å². The lowest BCUT2D eigenvalue weighted by Gasteiger charge is -1.96. The number of fused-ring (bicyclic) bond motifs is 1. The van der Waals surface area contributed by atoms with Gasteiger partial charge < -0.3 is 0 Å². The lowest BCUT2D eigenvalue weighted by atomic mass is 10.1. The lowest BCUT2D eigenvalue weighted by molar-refractivity contribution is 0.647. The zero-order valence-corrected chi connectivity index (χ0v) is 10.5. The van der Waals surface area contributed by atoms with Crippen LogP contribution in [0.1, 0.15) is 11.1 Å². The van der Waals surface area contributed by atoms with E-state index in [9.17, 15) is 9.18 Å². The first-order valence-electron chi connectivity index (χ1n) is 5.27. The molecular weight excluding hydrogens is 255 g/mol. The Morgan fingerprint density at radius 3 is 2.83 bits per heavy atom. The van der Waals surface area contributed by atoms with Crippen molar-refractivity contribution in [3.05, 3.63) is 39.3 Å². The molecule has 3 aromatic rings. The Hall–Kier alpha value is -2.02. The summed E-state index contributed by atoms with van der Waals surface area (Å²) in [4.78, 5) is 18.8. The molecule has 0 aliphatic rings. The zero-order valence-electron chi connectivity index (χ0n) is 9.69. The van der Waals surface area contributed by atoms with Gasteiger partial charge in [0.05, 0.1) is 18.1 Å². The molecule has 0 atom stereocenters. The second-order valence-electron chi connectivity index (χ2n) is 3.96. The van der Waals surface area contributed by atoms with Crippen LogP contribution in [0.5, 0.6) is 0 Å². The Balaban J connectivity index is 2.36. The first-order valence-corrected chi connectivity index (χ1v) is 6.08. The smallest absolute Gasteiger partial charge is 0.296 e. The van der Waals surface area contributed by atoms with E-state index < -0.39 is 0 Å². The molecule has 7 heteroatoms. The second kappa shape index (κ2) is 3.74. The van der Waals surface area contributed by atoms with Crippen molar-refractivity contribution >= 4 is 17.0 Å². The predicted molar refractivity (Wildman–Crippen MR) is 66.4 cm³/mol. The molecule has 0 unspecified atom stereocenters. The van der Waals surface area contributed by atoms with Crippen molar-refractivity contribution in [1.82, 2.24) is 19.6 Å². The number of halogens is 1. The monoisotopic (exact) mass is 264 g/mol. The Morgan fingerprint density at radius 1 is 1.39 bits per heavy atom. The van der Waals surface area contributed by atoms with Gasteiger partial charge in [-0.25, -0.2) is 9.78 Å². The highest BCUT2D eigenvalue weighted by Crippen LogP contribution is 2.35. The van der Waals surface area contributed by atoms with Crippen LogP contribution in [0.4, 0.5) is 4.39 Å². The molecule has 3 aromatic heterocycles. The maximum Gasteiger partial charge on any atom is 0.349 e. The summed E-state index contributed by atoms with van der Waals surface area (Å²) in [6.07, 6.45) is 2.85. The number of aromatic amines is 1. The fourth-order valence-corrected chi connectivity index (χ4v) is 2.85. The summed E-state index contributed by atoms with van der Waals surface area (Å²) in [5.74, 6) is 0. The fraction of sp³-hybridized carbons (Fsp3) is 0.182. The van der Waals surface area contributed by atoms with Crippen molar-refractivity contribution in [2.45, 2.75) is 13.8 Å². The summed E-state index contributed by atoms with van der Waals surface area (Å²) in [5.41, 5.74) is 2.23. The van der Waals surface area contributed by atoms with Gasteiger partial charge in [0.25, 0.3) is 0 Å². The molecular formula is C11H9FN4OS. The van der Waals surface area contributed by atoms with Gasteiger partial charge in [0.1, 0.15) is 0 Å². The number of nitrogens with one attached hydrogen (secondary N) is 1. The van der Waals surface area contributed by atoms with E-state index in [0.717, 1.165) is 21.8 Å². The van der Waals surface area contributed by atoms with Gasteiger partial charge in [0, 0.05) is 4.88 Å². The highest BCUT2D eigenvalue weighted by atomic mass is 32.1. The maximum atomic E-state index is 13.6. The van der Waals surface area contributed by atoms with E-state index in [-0.39, 0.29) is 10.8 Å². The van der Waals surface area contributed by atoms with Crippen molar-refractivity contribution in [3.63, 3.8) is 0 Å². The maximum absolute atomic E-state index is 13.6. The molecule has 0 aromatic carbocycles. The van der Waals surface area contributed by atoms with Crippen LogP contribution in [0.2, 0.25) is 0 Å². The molecule has 0 spiro atoms. The number of H-pyrrole nitrogens is 1. The van der Waals surface area contributed by atoms with E-state index in [1.54, 1.807) is 6.92 Å². The number of nitrogens with zero attached hydrogens (tertiary/aromatic N) is 3. The van der Waals surface area contributed by atoms with Crippen LogP contribution in [-0.4, -0.2) is 19.6 Å². The van der Waals surface area contributed by atoms with Crippen molar-refractivity contribution in [2.24, 2.45) is 0 Å². The molecule has 0 aliphatic carbocycles. The van der Waals surface area contributed by atoms with E-state index in [2.05, 4.69) is 15.1 Å². The molecule has 3 rings (SSSR count). The fourth-order valence-electron chi connectivity index (χ4n) is 1.80. The first kappa shape index (κ1) is 11.1. The average Bonchev–Trinajstić information content (AvgIpc) is 2.88. The number of hydrogen-bond donors (Lipinski definition) is 1. The van der Waals surface area contributed by atoms with Gasteiger partial charge in [-0.1, -0.05) is 0 Å². The first-order chi connectivity index (χ1) is 8.59. The van der Waals surface area contributed by atoms with Crippen LogP contribution in [-0.2, 0) is 0 Å². The molecule has 0 saturated heterocycles. The normalized spacial score (nSPS) is 11.3. The van der Waals surface area contributed by atoms with E-state index in [4.69, 9.17) is 0 Å². The third-order valence-corrected chi connectivity index (χ3v) is 4.16. The summed E-state index contributed by atoms with van der Waals surface area (Å²) >= 11 is 1.05. The largest absolute Gasteiger partial charge is 0.349 e. The number of rotatable bonds is 1. The molecule has 0 saturated carbocycles. The molecule has 0 bridgehead atoms. The van der Waals surface area contributed by atoms with E-state index in [1.165, 1.54) is 17.0 Å². The standard InChI is InChI=1S/C11H9FN4OS/c1-5-6(2)9(12)18-8(5)7-3-15-16-10(7)13-4-14-11(16)17/h3-4H,1-2H3,(H,13,14,17). The molecule has 0 fully saturated rings.